The molecule has 2 rings (SSSR count). The van der Waals surface area contributed by atoms with Gasteiger partial charge in [-0.15, -0.1) is 0 Å². The molecule has 0 spiro atoms. The smallest absolute Gasteiger partial charge is 0.232 e. The highest BCUT2D eigenvalue weighted by Crippen LogP contribution is 2.15. The van der Waals surface area contributed by atoms with Gasteiger partial charge >= 0.3 is 0 Å². The molecule has 1 aliphatic heterocycles. The van der Waals surface area contributed by atoms with E-state index in [1.54, 1.807) is 14.2 Å². The Balaban J connectivity index is 2.05. The maximum Gasteiger partial charge on any atom is 0.232 e. The third-order valence-electron chi connectivity index (χ3n) is 3.20. The van der Waals surface area contributed by atoms with Crippen molar-refractivity contribution < 1.29 is 9.47 Å². The predicted molar refractivity (Wildman–Crippen MR) is 81.9 cm³/mol. The van der Waals surface area contributed by atoms with Gasteiger partial charge in [0, 0.05) is 33.8 Å². The van der Waals surface area contributed by atoms with Crippen molar-refractivity contribution >= 4 is 17.8 Å². The van der Waals surface area contributed by atoms with E-state index >= 15 is 0 Å². The Morgan fingerprint density at radius 3 is 2.62 bits per heavy atom. The summed E-state index contributed by atoms with van der Waals surface area (Å²) in [4.78, 5) is 15.3. The van der Waals surface area contributed by atoms with Gasteiger partial charge in [-0.05, 0) is 5.92 Å². The molecule has 1 fully saturated rings. The topological polar surface area (TPSA) is 84.4 Å². The Kier molecular flexibility index (Phi) is 5.94. The first kappa shape index (κ1) is 15.7. The standard InChI is InChI=1S/C13H24N6O2/c1-10(9-20-3)8-15-12-16-11(14-2)17-13(18-12)19-4-6-21-7-5-19/h10H,4-9H2,1-3H3,(H2,14,15,16,17,18). The van der Waals surface area contributed by atoms with Crippen LogP contribution in [0.4, 0.5) is 17.8 Å². The van der Waals surface area contributed by atoms with E-state index in [2.05, 4.69) is 37.4 Å². The van der Waals surface area contributed by atoms with Crippen LogP contribution >= 0.6 is 0 Å². The van der Waals surface area contributed by atoms with Gasteiger partial charge in [0.2, 0.25) is 17.8 Å². The summed E-state index contributed by atoms with van der Waals surface area (Å²) in [6.45, 7) is 6.57. The number of morpholine rings is 1. The SMILES string of the molecule is CNc1nc(NCC(C)COC)nc(N2CCOCC2)n1. The van der Waals surface area contributed by atoms with Crippen LogP contribution in [0, 0.1) is 5.92 Å². The van der Waals surface area contributed by atoms with Gasteiger partial charge in [0.15, 0.2) is 0 Å². The maximum absolute atomic E-state index is 5.36. The van der Waals surface area contributed by atoms with Crippen molar-refractivity contribution in [1.29, 1.82) is 0 Å². The van der Waals surface area contributed by atoms with Crippen LogP contribution in [-0.2, 0) is 9.47 Å². The zero-order chi connectivity index (χ0) is 15.1. The second-order valence-corrected chi connectivity index (χ2v) is 5.07. The summed E-state index contributed by atoms with van der Waals surface area (Å²) in [5.74, 6) is 2.21. The lowest BCUT2D eigenvalue weighted by Crippen LogP contribution is -2.37. The average molecular weight is 296 g/mol. The van der Waals surface area contributed by atoms with Crippen molar-refractivity contribution in [2.45, 2.75) is 6.92 Å². The Hall–Kier alpha value is -1.67. The van der Waals surface area contributed by atoms with Crippen molar-refractivity contribution in [3.05, 3.63) is 0 Å². The molecule has 0 radical (unpaired) electrons. The molecule has 2 heterocycles. The highest BCUT2D eigenvalue weighted by Gasteiger charge is 2.16. The molecule has 1 aliphatic rings. The molecule has 8 nitrogen and oxygen atoms in total. The number of nitrogens with zero attached hydrogens (tertiary/aromatic N) is 4. The molecule has 118 valence electrons. The molecule has 21 heavy (non-hydrogen) atoms. The minimum Gasteiger partial charge on any atom is -0.384 e. The fourth-order valence-electron chi connectivity index (χ4n) is 2.07. The zero-order valence-electron chi connectivity index (χ0n) is 12.9. The molecule has 1 aromatic rings. The second-order valence-electron chi connectivity index (χ2n) is 5.07. The van der Waals surface area contributed by atoms with Gasteiger partial charge in [0.1, 0.15) is 0 Å². The molecule has 1 unspecified atom stereocenters. The second kappa shape index (κ2) is 7.94. The maximum atomic E-state index is 5.36. The van der Waals surface area contributed by atoms with E-state index in [9.17, 15) is 0 Å². The number of hydrogen-bond donors (Lipinski definition) is 2. The molecular formula is C13H24N6O2. The summed E-state index contributed by atoms with van der Waals surface area (Å²) < 4.78 is 10.5. The Morgan fingerprint density at radius 2 is 1.95 bits per heavy atom. The van der Waals surface area contributed by atoms with Gasteiger partial charge in [-0.1, -0.05) is 6.92 Å². The van der Waals surface area contributed by atoms with Crippen LogP contribution in [0.25, 0.3) is 0 Å². The number of ether oxygens (including phenoxy) is 2. The molecule has 0 aliphatic carbocycles. The summed E-state index contributed by atoms with van der Waals surface area (Å²) in [5.41, 5.74) is 0. The molecular weight excluding hydrogens is 272 g/mol. The molecule has 1 saturated heterocycles. The quantitative estimate of drug-likeness (QED) is 0.750. The van der Waals surface area contributed by atoms with E-state index in [0.717, 1.165) is 19.6 Å². The van der Waals surface area contributed by atoms with E-state index < -0.39 is 0 Å². The monoisotopic (exact) mass is 296 g/mol. The van der Waals surface area contributed by atoms with Crippen molar-refractivity contribution in [3.8, 4) is 0 Å². The van der Waals surface area contributed by atoms with Crippen LogP contribution in [0.1, 0.15) is 6.92 Å². The van der Waals surface area contributed by atoms with Crippen LogP contribution < -0.4 is 15.5 Å². The van der Waals surface area contributed by atoms with E-state index in [4.69, 9.17) is 9.47 Å². The van der Waals surface area contributed by atoms with Crippen LogP contribution in [0.15, 0.2) is 0 Å². The summed E-state index contributed by atoms with van der Waals surface area (Å²) in [7, 11) is 3.50. The summed E-state index contributed by atoms with van der Waals surface area (Å²) in [6.07, 6.45) is 0. The minimum atomic E-state index is 0.386. The largest absolute Gasteiger partial charge is 0.384 e. The van der Waals surface area contributed by atoms with Gasteiger partial charge in [0.05, 0.1) is 19.8 Å². The van der Waals surface area contributed by atoms with Crippen LogP contribution in [0.2, 0.25) is 0 Å². The highest BCUT2D eigenvalue weighted by molar-refractivity contribution is 5.43. The van der Waals surface area contributed by atoms with Gasteiger partial charge in [-0.3, -0.25) is 0 Å². The highest BCUT2D eigenvalue weighted by atomic mass is 16.5. The fourth-order valence-corrected chi connectivity index (χ4v) is 2.07. The number of aromatic nitrogens is 3. The number of hydrogen-bond acceptors (Lipinski definition) is 8. The molecule has 0 amide bonds. The molecule has 1 atom stereocenters. The third kappa shape index (κ3) is 4.68. The lowest BCUT2D eigenvalue weighted by Gasteiger charge is -2.27. The molecule has 0 bridgehead atoms. The number of rotatable bonds is 7. The van der Waals surface area contributed by atoms with Crippen molar-refractivity contribution in [2.75, 3.05) is 69.1 Å². The van der Waals surface area contributed by atoms with Gasteiger partial charge < -0.3 is 25.0 Å². The predicted octanol–water partition coefficient (Wildman–Crippen LogP) is 0.444. The zero-order valence-corrected chi connectivity index (χ0v) is 12.9. The summed E-state index contributed by atoms with van der Waals surface area (Å²) in [5, 5.41) is 6.22. The number of nitrogens with one attached hydrogen (secondary N) is 2. The van der Waals surface area contributed by atoms with Gasteiger partial charge in [-0.2, -0.15) is 15.0 Å². The minimum absolute atomic E-state index is 0.386. The molecule has 0 aromatic carbocycles. The van der Waals surface area contributed by atoms with Crippen molar-refractivity contribution in [3.63, 3.8) is 0 Å². The summed E-state index contributed by atoms with van der Waals surface area (Å²) in [6, 6.07) is 0. The Morgan fingerprint density at radius 1 is 1.24 bits per heavy atom. The first-order valence-corrected chi connectivity index (χ1v) is 7.22. The third-order valence-corrected chi connectivity index (χ3v) is 3.20. The molecule has 1 aromatic heterocycles. The number of anilines is 3. The molecule has 8 heteroatoms. The van der Waals surface area contributed by atoms with Crippen molar-refractivity contribution in [2.24, 2.45) is 5.92 Å². The lowest BCUT2D eigenvalue weighted by atomic mass is 10.2. The van der Waals surface area contributed by atoms with E-state index in [0.29, 0.717) is 43.6 Å². The van der Waals surface area contributed by atoms with Gasteiger partial charge in [-0.25, -0.2) is 0 Å². The van der Waals surface area contributed by atoms with Crippen molar-refractivity contribution in [1.82, 2.24) is 15.0 Å². The van der Waals surface area contributed by atoms with E-state index in [-0.39, 0.29) is 0 Å². The fraction of sp³-hybridized carbons (Fsp3) is 0.769. The first-order valence-electron chi connectivity index (χ1n) is 7.22. The molecule has 2 N–H and O–H groups in total. The van der Waals surface area contributed by atoms with Crippen LogP contribution in [0.3, 0.4) is 0 Å². The normalized spacial score (nSPS) is 16.6. The van der Waals surface area contributed by atoms with Crippen LogP contribution in [-0.4, -0.2) is 68.6 Å². The van der Waals surface area contributed by atoms with E-state index in [1.165, 1.54) is 0 Å². The number of methoxy groups -OCH3 is 1. The first-order chi connectivity index (χ1) is 10.2. The molecule has 0 saturated carbocycles. The average Bonchev–Trinajstić information content (AvgIpc) is 2.54. The Labute approximate surface area is 125 Å². The lowest BCUT2D eigenvalue weighted by molar-refractivity contribution is 0.122. The van der Waals surface area contributed by atoms with E-state index in [1.807, 2.05) is 0 Å². The van der Waals surface area contributed by atoms with Gasteiger partial charge in [0.25, 0.3) is 0 Å². The van der Waals surface area contributed by atoms with Crippen LogP contribution in [0.5, 0.6) is 0 Å². The Bertz CT molecular complexity index is 439. The summed E-state index contributed by atoms with van der Waals surface area (Å²) >= 11 is 0.